The number of rotatable bonds is 7. The number of hydrogen-bond acceptors (Lipinski definition) is 7. The third kappa shape index (κ3) is 3.51. The molecule has 0 radical (unpaired) electrons. The molecule has 0 saturated carbocycles. The standard InChI is InChI=1S/C24H27N3O5/c1-5-9-16-20(23(29)32-6-2)21(14-12-18(30-3)22(28)19(13-14)31-4)27-17-11-8-7-10-15(17)25-24(27)26-16/h7-8,10-13,21,28H,5-6,9H2,1-4H3,(H,25,26)/t21-/m1/s1. The summed E-state index contributed by atoms with van der Waals surface area (Å²) in [6, 6.07) is 10.6. The molecule has 4 rings (SSSR count). The molecule has 1 aliphatic rings. The predicted molar refractivity (Wildman–Crippen MR) is 121 cm³/mol. The van der Waals surface area contributed by atoms with E-state index in [2.05, 4.69) is 12.2 Å². The summed E-state index contributed by atoms with van der Waals surface area (Å²) < 4.78 is 18.2. The van der Waals surface area contributed by atoms with Crippen LogP contribution in [0.4, 0.5) is 5.95 Å². The number of carbonyl (C=O) groups is 1. The maximum atomic E-state index is 13.2. The molecular weight excluding hydrogens is 410 g/mol. The van der Waals surface area contributed by atoms with Crippen molar-refractivity contribution < 1.29 is 24.1 Å². The lowest BCUT2D eigenvalue weighted by Crippen LogP contribution is -2.29. The van der Waals surface area contributed by atoms with Crippen molar-refractivity contribution in [1.82, 2.24) is 9.55 Å². The van der Waals surface area contributed by atoms with Crippen LogP contribution in [0.15, 0.2) is 47.7 Å². The van der Waals surface area contributed by atoms with Crippen LogP contribution in [-0.4, -0.2) is 41.5 Å². The van der Waals surface area contributed by atoms with Crippen molar-refractivity contribution in [3.05, 3.63) is 53.2 Å². The highest BCUT2D eigenvalue weighted by Crippen LogP contribution is 2.45. The van der Waals surface area contributed by atoms with Gasteiger partial charge in [-0.25, -0.2) is 9.78 Å². The Kier molecular flexibility index (Phi) is 5.94. The van der Waals surface area contributed by atoms with Crippen molar-refractivity contribution in [3.63, 3.8) is 0 Å². The second-order valence-corrected chi connectivity index (χ2v) is 7.46. The first-order valence-electron chi connectivity index (χ1n) is 10.6. The van der Waals surface area contributed by atoms with E-state index in [1.54, 1.807) is 19.1 Å². The number of nitrogens with zero attached hydrogens (tertiary/aromatic N) is 2. The monoisotopic (exact) mass is 437 g/mol. The first-order valence-corrected chi connectivity index (χ1v) is 10.6. The first kappa shape index (κ1) is 21.5. The number of ether oxygens (including phenoxy) is 3. The van der Waals surface area contributed by atoms with Crippen molar-refractivity contribution in [3.8, 4) is 17.2 Å². The van der Waals surface area contributed by atoms with Crippen LogP contribution in [0.2, 0.25) is 0 Å². The van der Waals surface area contributed by atoms with Gasteiger partial charge >= 0.3 is 5.97 Å². The predicted octanol–water partition coefficient (Wildman–Crippen LogP) is 4.39. The number of carbonyl (C=O) groups excluding carboxylic acids is 1. The molecule has 32 heavy (non-hydrogen) atoms. The lowest BCUT2D eigenvalue weighted by molar-refractivity contribution is -0.139. The van der Waals surface area contributed by atoms with Gasteiger partial charge in [0.1, 0.15) is 0 Å². The molecule has 0 amide bonds. The topological polar surface area (TPSA) is 94.8 Å². The van der Waals surface area contributed by atoms with E-state index >= 15 is 0 Å². The number of anilines is 1. The Morgan fingerprint density at radius 2 is 1.84 bits per heavy atom. The summed E-state index contributed by atoms with van der Waals surface area (Å²) in [4.78, 5) is 18.0. The lowest BCUT2D eigenvalue weighted by Gasteiger charge is -2.31. The van der Waals surface area contributed by atoms with Crippen LogP contribution in [0.3, 0.4) is 0 Å². The van der Waals surface area contributed by atoms with Crippen LogP contribution in [0, 0.1) is 0 Å². The zero-order valence-electron chi connectivity index (χ0n) is 18.6. The number of phenolic OH excluding ortho intramolecular Hbond substituents is 1. The molecule has 0 saturated heterocycles. The van der Waals surface area contributed by atoms with E-state index in [1.807, 2.05) is 28.8 Å². The molecule has 8 nitrogen and oxygen atoms in total. The molecule has 2 aromatic carbocycles. The number of methoxy groups -OCH3 is 2. The molecule has 0 fully saturated rings. The SMILES string of the molecule is CCCC1=C(C(=O)OCC)[C@@H](c2cc(OC)c(O)c(OC)c2)n2c(nc3ccccc32)N1. The van der Waals surface area contributed by atoms with Crippen LogP contribution in [0.1, 0.15) is 38.3 Å². The van der Waals surface area contributed by atoms with Gasteiger partial charge in [0.15, 0.2) is 11.5 Å². The van der Waals surface area contributed by atoms with Crippen molar-refractivity contribution >= 4 is 23.0 Å². The van der Waals surface area contributed by atoms with E-state index in [-0.39, 0.29) is 23.9 Å². The summed E-state index contributed by atoms with van der Waals surface area (Å²) in [5.41, 5.74) is 3.64. The summed E-state index contributed by atoms with van der Waals surface area (Å²) in [6.45, 7) is 4.10. The third-order valence-corrected chi connectivity index (χ3v) is 5.53. The Morgan fingerprint density at radius 1 is 1.16 bits per heavy atom. The Labute approximate surface area is 186 Å². The maximum absolute atomic E-state index is 13.2. The van der Waals surface area contributed by atoms with Gasteiger partial charge < -0.3 is 24.6 Å². The van der Waals surface area contributed by atoms with Gasteiger partial charge in [0.25, 0.3) is 0 Å². The number of phenols is 1. The molecule has 0 bridgehead atoms. The molecule has 168 valence electrons. The van der Waals surface area contributed by atoms with Gasteiger partial charge in [0, 0.05) is 5.70 Å². The number of benzene rings is 2. The summed E-state index contributed by atoms with van der Waals surface area (Å²) in [5, 5.41) is 13.8. The average Bonchev–Trinajstić information content (AvgIpc) is 3.17. The summed E-state index contributed by atoms with van der Waals surface area (Å²) >= 11 is 0. The fraction of sp³-hybridized carbons (Fsp3) is 0.333. The molecule has 3 aromatic rings. The Balaban J connectivity index is 2.04. The van der Waals surface area contributed by atoms with Crippen LogP contribution >= 0.6 is 0 Å². The highest BCUT2D eigenvalue weighted by atomic mass is 16.5. The fourth-order valence-corrected chi connectivity index (χ4v) is 4.17. The van der Waals surface area contributed by atoms with E-state index in [9.17, 15) is 9.90 Å². The van der Waals surface area contributed by atoms with Gasteiger partial charge in [0.05, 0.1) is 43.5 Å². The van der Waals surface area contributed by atoms with Crippen LogP contribution in [-0.2, 0) is 9.53 Å². The fourth-order valence-electron chi connectivity index (χ4n) is 4.17. The summed E-state index contributed by atoms with van der Waals surface area (Å²) in [6.07, 6.45) is 1.49. The minimum absolute atomic E-state index is 0.0983. The quantitative estimate of drug-likeness (QED) is 0.529. The highest BCUT2D eigenvalue weighted by Gasteiger charge is 2.36. The lowest BCUT2D eigenvalue weighted by atomic mass is 9.92. The maximum Gasteiger partial charge on any atom is 0.338 e. The van der Waals surface area contributed by atoms with E-state index in [0.29, 0.717) is 23.5 Å². The Bertz CT molecular complexity index is 1170. The normalized spacial score (nSPS) is 15.3. The summed E-state index contributed by atoms with van der Waals surface area (Å²) in [7, 11) is 2.95. The van der Waals surface area contributed by atoms with Gasteiger partial charge in [-0.05, 0) is 43.2 Å². The van der Waals surface area contributed by atoms with Crippen molar-refractivity contribution in [2.24, 2.45) is 0 Å². The van der Waals surface area contributed by atoms with Gasteiger partial charge in [-0.2, -0.15) is 0 Å². The van der Waals surface area contributed by atoms with E-state index in [0.717, 1.165) is 23.2 Å². The molecule has 2 heterocycles. The number of imidazole rings is 1. The largest absolute Gasteiger partial charge is 0.502 e. The Hall–Kier alpha value is -3.68. The summed E-state index contributed by atoms with van der Waals surface area (Å²) in [5.74, 6) is 0.647. The number of esters is 1. The van der Waals surface area contributed by atoms with E-state index < -0.39 is 12.0 Å². The zero-order chi connectivity index (χ0) is 22.8. The molecule has 0 spiro atoms. The molecule has 0 unspecified atom stereocenters. The molecule has 1 aliphatic heterocycles. The molecule has 1 atom stereocenters. The minimum atomic E-state index is -0.553. The van der Waals surface area contributed by atoms with Crippen molar-refractivity contribution in [1.29, 1.82) is 0 Å². The zero-order valence-corrected chi connectivity index (χ0v) is 18.6. The number of aromatic hydroxyl groups is 1. The van der Waals surface area contributed by atoms with Crippen molar-refractivity contribution in [2.45, 2.75) is 32.7 Å². The van der Waals surface area contributed by atoms with Gasteiger partial charge in [-0.3, -0.25) is 4.57 Å². The minimum Gasteiger partial charge on any atom is -0.502 e. The van der Waals surface area contributed by atoms with Gasteiger partial charge in [-0.15, -0.1) is 0 Å². The van der Waals surface area contributed by atoms with Crippen molar-refractivity contribution in [2.75, 3.05) is 26.1 Å². The smallest absolute Gasteiger partial charge is 0.338 e. The van der Waals surface area contributed by atoms with Crippen LogP contribution in [0.5, 0.6) is 17.2 Å². The molecule has 0 aliphatic carbocycles. The molecule has 1 aromatic heterocycles. The van der Waals surface area contributed by atoms with E-state index in [1.165, 1.54) is 14.2 Å². The van der Waals surface area contributed by atoms with Crippen LogP contribution < -0.4 is 14.8 Å². The van der Waals surface area contributed by atoms with E-state index in [4.69, 9.17) is 19.2 Å². The van der Waals surface area contributed by atoms with Gasteiger partial charge in [-0.1, -0.05) is 25.5 Å². The molecule has 8 heteroatoms. The average molecular weight is 437 g/mol. The number of allylic oxidation sites excluding steroid dienone is 1. The van der Waals surface area contributed by atoms with Gasteiger partial charge in [0.2, 0.25) is 11.7 Å². The molecular formula is C24H27N3O5. The number of aromatic nitrogens is 2. The van der Waals surface area contributed by atoms with Crippen LogP contribution in [0.25, 0.3) is 11.0 Å². The third-order valence-electron chi connectivity index (χ3n) is 5.53. The second-order valence-electron chi connectivity index (χ2n) is 7.46. The molecule has 2 N–H and O–H groups in total. The second kappa shape index (κ2) is 8.82. The first-order chi connectivity index (χ1) is 15.5. The number of para-hydroxylation sites is 2. The number of fused-ring (bicyclic) bond motifs is 3. The Morgan fingerprint density at radius 3 is 2.47 bits per heavy atom. The number of hydrogen-bond donors (Lipinski definition) is 2. The number of nitrogens with one attached hydrogen (secondary N) is 1. The highest BCUT2D eigenvalue weighted by molar-refractivity contribution is 5.94.